The molecule has 1 fully saturated rings. The van der Waals surface area contributed by atoms with Crippen molar-refractivity contribution in [3.05, 3.63) is 18.2 Å². The lowest BCUT2D eigenvalue weighted by Gasteiger charge is -2.33. The molecule has 2 aliphatic heterocycles. The number of nitrogens with zero attached hydrogens (tertiary/aromatic N) is 1. The second-order valence-corrected chi connectivity index (χ2v) is 4.58. The van der Waals surface area contributed by atoms with Crippen molar-refractivity contribution in [2.24, 2.45) is 0 Å². The van der Waals surface area contributed by atoms with Gasteiger partial charge in [-0.05, 0) is 19.1 Å². The average Bonchev–Trinajstić information content (AvgIpc) is 2.39. The number of hydrogen-bond donors (Lipinski definition) is 1. The zero-order valence-corrected chi connectivity index (χ0v) is 10.1. The number of hydrogen-bond acceptors (Lipinski definition) is 4. The predicted octanol–water partition coefficient (Wildman–Crippen LogP) is 1.26. The summed E-state index contributed by atoms with van der Waals surface area (Å²) in [5.41, 5.74) is 1.16. The first kappa shape index (κ1) is 10.7. The van der Waals surface area contributed by atoms with Gasteiger partial charge in [-0.25, -0.2) is 0 Å². The Morgan fingerprint density at radius 3 is 2.94 bits per heavy atom. The Hall–Kier alpha value is -1.42. The molecule has 1 saturated heterocycles. The molecule has 0 aliphatic carbocycles. The van der Waals surface area contributed by atoms with Gasteiger partial charge >= 0.3 is 0 Å². The highest BCUT2D eigenvalue weighted by atomic mass is 16.6. The lowest BCUT2D eigenvalue weighted by molar-refractivity contribution is 0.104. The van der Waals surface area contributed by atoms with Crippen LogP contribution < -0.4 is 19.7 Å². The van der Waals surface area contributed by atoms with E-state index in [0.29, 0.717) is 6.61 Å². The fraction of sp³-hybridized carbons (Fsp3) is 0.538. The molecule has 0 spiro atoms. The summed E-state index contributed by atoms with van der Waals surface area (Å²) in [6.45, 7) is 6.78. The van der Waals surface area contributed by atoms with E-state index in [-0.39, 0.29) is 6.10 Å². The van der Waals surface area contributed by atoms with Crippen molar-refractivity contribution in [2.75, 3.05) is 37.7 Å². The van der Waals surface area contributed by atoms with Crippen LogP contribution in [-0.2, 0) is 0 Å². The molecule has 0 bridgehead atoms. The van der Waals surface area contributed by atoms with E-state index in [0.717, 1.165) is 43.4 Å². The summed E-state index contributed by atoms with van der Waals surface area (Å²) in [4.78, 5) is 2.36. The number of piperazine rings is 1. The normalized spacial score (nSPS) is 23.6. The molecule has 0 aromatic heterocycles. The summed E-state index contributed by atoms with van der Waals surface area (Å²) in [6.07, 6.45) is 0.131. The van der Waals surface area contributed by atoms with Crippen LogP contribution in [0.4, 0.5) is 5.69 Å². The van der Waals surface area contributed by atoms with Gasteiger partial charge in [0.2, 0.25) is 0 Å². The van der Waals surface area contributed by atoms with Gasteiger partial charge in [-0.3, -0.25) is 0 Å². The van der Waals surface area contributed by atoms with Gasteiger partial charge in [-0.2, -0.15) is 0 Å². The minimum atomic E-state index is 0.131. The van der Waals surface area contributed by atoms with Crippen LogP contribution in [0.2, 0.25) is 0 Å². The summed E-state index contributed by atoms with van der Waals surface area (Å²) in [5, 5.41) is 3.36. The van der Waals surface area contributed by atoms with Crippen LogP contribution >= 0.6 is 0 Å². The smallest absolute Gasteiger partial charge is 0.185 e. The molecular formula is C13H18N2O2. The van der Waals surface area contributed by atoms with E-state index < -0.39 is 0 Å². The first-order valence-electron chi connectivity index (χ1n) is 6.23. The Bertz CT molecular complexity index is 402. The number of benzene rings is 1. The Morgan fingerprint density at radius 2 is 2.12 bits per heavy atom. The Kier molecular flexibility index (Phi) is 2.81. The fourth-order valence-corrected chi connectivity index (χ4v) is 2.33. The van der Waals surface area contributed by atoms with Gasteiger partial charge in [0.05, 0.1) is 5.69 Å². The topological polar surface area (TPSA) is 33.7 Å². The highest BCUT2D eigenvalue weighted by molar-refractivity contribution is 5.65. The van der Waals surface area contributed by atoms with Crippen molar-refractivity contribution < 1.29 is 9.47 Å². The molecule has 1 aromatic carbocycles. The minimum Gasteiger partial charge on any atom is -0.486 e. The fourth-order valence-electron chi connectivity index (χ4n) is 2.33. The van der Waals surface area contributed by atoms with E-state index in [9.17, 15) is 0 Å². The van der Waals surface area contributed by atoms with E-state index in [1.807, 2.05) is 19.1 Å². The number of ether oxygens (including phenoxy) is 2. The van der Waals surface area contributed by atoms with Gasteiger partial charge in [0.25, 0.3) is 0 Å². The molecule has 92 valence electrons. The van der Waals surface area contributed by atoms with E-state index in [4.69, 9.17) is 9.47 Å². The van der Waals surface area contributed by atoms with Crippen molar-refractivity contribution in [1.82, 2.24) is 5.32 Å². The summed E-state index contributed by atoms with van der Waals surface area (Å²) >= 11 is 0. The Morgan fingerprint density at radius 1 is 1.29 bits per heavy atom. The maximum Gasteiger partial charge on any atom is 0.185 e. The Labute approximate surface area is 102 Å². The van der Waals surface area contributed by atoms with Crippen LogP contribution in [0.15, 0.2) is 18.2 Å². The maximum absolute atomic E-state index is 5.93. The molecule has 1 aromatic rings. The second-order valence-electron chi connectivity index (χ2n) is 4.58. The SMILES string of the molecule is CC1COc2cccc(N3CCNCC3)c2O1. The monoisotopic (exact) mass is 234 g/mol. The van der Waals surface area contributed by atoms with Gasteiger partial charge in [-0.15, -0.1) is 0 Å². The highest BCUT2D eigenvalue weighted by Gasteiger charge is 2.23. The quantitative estimate of drug-likeness (QED) is 0.793. The van der Waals surface area contributed by atoms with Crippen molar-refractivity contribution in [1.29, 1.82) is 0 Å². The summed E-state index contributed by atoms with van der Waals surface area (Å²) < 4.78 is 11.6. The van der Waals surface area contributed by atoms with Gasteiger partial charge in [-0.1, -0.05) is 6.07 Å². The molecule has 3 rings (SSSR count). The zero-order valence-electron chi connectivity index (χ0n) is 10.1. The van der Waals surface area contributed by atoms with Crippen LogP contribution in [0.25, 0.3) is 0 Å². The van der Waals surface area contributed by atoms with Crippen LogP contribution in [0, 0.1) is 0 Å². The predicted molar refractivity (Wildman–Crippen MR) is 67.1 cm³/mol. The summed E-state index contributed by atoms with van der Waals surface area (Å²) in [5.74, 6) is 1.78. The van der Waals surface area contributed by atoms with Crippen molar-refractivity contribution in [3.63, 3.8) is 0 Å². The maximum atomic E-state index is 5.93. The van der Waals surface area contributed by atoms with Gasteiger partial charge < -0.3 is 19.7 Å². The van der Waals surface area contributed by atoms with Gasteiger partial charge in [0.1, 0.15) is 12.7 Å². The molecule has 0 radical (unpaired) electrons. The van der Waals surface area contributed by atoms with Crippen molar-refractivity contribution >= 4 is 5.69 Å². The molecule has 4 nitrogen and oxygen atoms in total. The molecule has 1 atom stereocenters. The standard InChI is InChI=1S/C13H18N2O2/c1-10-9-16-12-4-2-3-11(13(12)17-10)15-7-5-14-6-8-15/h2-4,10,14H,5-9H2,1H3. The highest BCUT2D eigenvalue weighted by Crippen LogP contribution is 2.40. The number of rotatable bonds is 1. The number of anilines is 1. The lowest BCUT2D eigenvalue weighted by Crippen LogP contribution is -2.44. The summed E-state index contributed by atoms with van der Waals surface area (Å²) in [7, 11) is 0. The molecular weight excluding hydrogens is 216 g/mol. The average molecular weight is 234 g/mol. The molecule has 0 saturated carbocycles. The Balaban J connectivity index is 1.93. The van der Waals surface area contributed by atoms with Gasteiger partial charge in [0.15, 0.2) is 11.5 Å². The molecule has 1 N–H and O–H groups in total. The van der Waals surface area contributed by atoms with Crippen LogP contribution in [0.3, 0.4) is 0 Å². The molecule has 1 unspecified atom stereocenters. The third kappa shape index (κ3) is 2.05. The second kappa shape index (κ2) is 4.45. The van der Waals surface area contributed by atoms with Gasteiger partial charge in [0, 0.05) is 26.2 Å². The third-order valence-electron chi connectivity index (χ3n) is 3.21. The molecule has 4 heteroatoms. The molecule has 2 heterocycles. The zero-order chi connectivity index (χ0) is 11.7. The molecule has 17 heavy (non-hydrogen) atoms. The molecule has 2 aliphatic rings. The number of fused-ring (bicyclic) bond motifs is 1. The van der Waals surface area contributed by atoms with E-state index in [2.05, 4.69) is 16.3 Å². The van der Waals surface area contributed by atoms with Crippen LogP contribution in [-0.4, -0.2) is 38.9 Å². The van der Waals surface area contributed by atoms with Crippen molar-refractivity contribution in [3.8, 4) is 11.5 Å². The van der Waals surface area contributed by atoms with Crippen LogP contribution in [0.5, 0.6) is 11.5 Å². The third-order valence-corrected chi connectivity index (χ3v) is 3.21. The first-order valence-corrected chi connectivity index (χ1v) is 6.23. The number of para-hydroxylation sites is 1. The van der Waals surface area contributed by atoms with E-state index >= 15 is 0 Å². The van der Waals surface area contributed by atoms with E-state index in [1.54, 1.807) is 0 Å². The van der Waals surface area contributed by atoms with Crippen molar-refractivity contribution in [2.45, 2.75) is 13.0 Å². The molecule has 0 amide bonds. The van der Waals surface area contributed by atoms with Crippen LogP contribution in [0.1, 0.15) is 6.92 Å². The van der Waals surface area contributed by atoms with E-state index in [1.165, 1.54) is 0 Å². The lowest BCUT2D eigenvalue weighted by atomic mass is 10.2. The largest absolute Gasteiger partial charge is 0.486 e. The minimum absolute atomic E-state index is 0.131. The number of nitrogens with one attached hydrogen (secondary N) is 1. The summed E-state index contributed by atoms with van der Waals surface area (Å²) in [6, 6.07) is 6.13. The first-order chi connectivity index (χ1) is 8.34.